The standard InChI is InChI=1S/C11H13F3N6/c1-20-3-2-8(19-20)6-16-9-4-7(11(12,13)14)5-10(17-9)18-15/h2-5H,6,15H2,1H3,(H2,16,17,18). The Labute approximate surface area is 112 Å². The number of aromatic nitrogens is 3. The summed E-state index contributed by atoms with van der Waals surface area (Å²) in [4.78, 5) is 3.91. The number of alkyl halides is 3. The highest BCUT2D eigenvalue weighted by atomic mass is 19.4. The second-order valence-corrected chi connectivity index (χ2v) is 4.10. The van der Waals surface area contributed by atoms with Gasteiger partial charge in [0.1, 0.15) is 11.6 Å². The van der Waals surface area contributed by atoms with Crippen LogP contribution in [0.4, 0.5) is 24.8 Å². The van der Waals surface area contributed by atoms with E-state index in [4.69, 9.17) is 5.84 Å². The first kappa shape index (κ1) is 14.1. The molecule has 0 bridgehead atoms. The summed E-state index contributed by atoms with van der Waals surface area (Å²) in [5.41, 5.74) is 1.97. The van der Waals surface area contributed by atoms with Crippen molar-refractivity contribution in [2.75, 3.05) is 10.7 Å². The molecule has 0 unspecified atom stereocenters. The first-order chi connectivity index (χ1) is 9.38. The maximum Gasteiger partial charge on any atom is 0.416 e. The molecule has 6 nitrogen and oxygen atoms in total. The van der Waals surface area contributed by atoms with Gasteiger partial charge in [-0.1, -0.05) is 0 Å². The van der Waals surface area contributed by atoms with E-state index in [1.54, 1.807) is 24.0 Å². The van der Waals surface area contributed by atoms with Crippen molar-refractivity contribution in [3.63, 3.8) is 0 Å². The van der Waals surface area contributed by atoms with Crippen molar-refractivity contribution in [3.8, 4) is 0 Å². The van der Waals surface area contributed by atoms with Crippen molar-refractivity contribution < 1.29 is 13.2 Å². The van der Waals surface area contributed by atoms with Crippen molar-refractivity contribution in [1.82, 2.24) is 14.8 Å². The minimum atomic E-state index is -4.46. The summed E-state index contributed by atoms with van der Waals surface area (Å²) >= 11 is 0. The quantitative estimate of drug-likeness (QED) is 0.589. The third-order valence-electron chi connectivity index (χ3n) is 2.52. The maximum atomic E-state index is 12.7. The molecule has 2 heterocycles. The number of aryl methyl sites for hydroxylation is 1. The van der Waals surface area contributed by atoms with Gasteiger partial charge in [0.05, 0.1) is 17.8 Å². The van der Waals surface area contributed by atoms with Crippen molar-refractivity contribution in [1.29, 1.82) is 0 Å². The Morgan fingerprint density at radius 3 is 2.55 bits per heavy atom. The first-order valence-corrected chi connectivity index (χ1v) is 5.67. The number of halogens is 3. The van der Waals surface area contributed by atoms with Crippen LogP contribution in [0.5, 0.6) is 0 Å². The van der Waals surface area contributed by atoms with E-state index in [-0.39, 0.29) is 18.2 Å². The fraction of sp³-hybridized carbons (Fsp3) is 0.273. The van der Waals surface area contributed by atoms with Crippen LogP contribution < -0.4 is 16.6 Å². The predicted octanol–water partition coefficient (Wildman–Crippen LogP) is 1.73. The Morgan fingerprint density at radius 2 is 2.00 bits per heavy atom. The van der Waals surface area contributed by atoms with Gasteiger partial charge in [-0.25, -0.2) is 10.8 Å². The Morgan fingerprint density at radius 1 is 1.30 bits per heavy atom. The van der Waals surface area contributed by atoms with Crippen molar-refractivity contribution in [2.45, 2.75) is 12.7 Å². The summed E-state index contributed by atoms with van der Waals surface area (Å²) in [5, 5.41) is 6.88. The highest BCUT2D eigenvalue weighted by Crippen LogP contribution is 2.31. The molecule has 4 N–H and O–H groups in total. The molecule has 2 aromatic heterocycles. The largest absolute Gasteiger partial charge is 0.416 e. The summed E-state index contributed by atoms with van der Waals surface area (Å²) in [6, 6.07) is 3.51. The van der Waals surface area contributed by atoms with Crippen LogP contribution in [0.25, 0.3) is 0 Å². The van der Waals surface area contributed by atoms with E-state index >= 15 is 0 Å². The van der Waals surface area contributed by atoms with E-state index in [0.29, 0.717) is 5.69 Å². The number of nitrogens with two attached hydrogens (primary N) is 1. The fourth-order valence-corrected chi connectivity index (χ4v) is 1.60. The summed E-state index contributed by atoms with van der Waals surface area (Å²) in [6.07, 6.45) is -2.72. The fourth-order valence-electron chi connectivity index (χ4n) is 1.60. The van der Waals surface area contributed by atoms with Crippen LogP contribution in [0, 0.1) is 0 Å². The molecule has 2 aromatic rings. The molecule has 0 radical (unpaired) electrons. The first-order valence-electron chi connectivity index (χ1n) is 5.67. The van der Waals surface area contributed by atoms with E-state index in [9.17, 15) is 13.2 Å². The third-order valence-corrected chi connectivity index (χ3v) is 2.52. The number of anilines is 2. The summed E-state index contributed by atoms with van der Waals surface area (Å²) in [5.74, 6) is 5.12. The molecule has 0 amide bonds. The van der Waals surface area contributed by atoms with E-state index in [0.717, 1.165) is 12.1 Å². The second-order valence-electron chi connectivity index (χ2n) is 4.10. The van der Waals surface area contributed by atoms with Gasteiger partial charge in [0, 0.05) is 13.2 Å². The summed E-state index contributed by atoms with van der Waals surface area (Å²) < 4.78 is 39.7. The molecule has 0 spiro atoms. The summed E-state index contributed by atoms with van der Waals surface area (Å²) in [7, 11) is 1.75. The van der Waals surface area contributed by atoms with Crippen molar-refractivity contribution in [2.24, 2.45) is 12.9 Å². The lowest BCUT2D eigenvalue weighted by Crippen LogP contribution is -2.14. The molecular formula is C11H13F3N6. The van der Waals surface area contributed by atoms with Crippen molar-refractivity contribution in [3.05, 3.63) is 35.7 Å². The number of pyridine rings is 1. The van der Waals surface area contributed by atoms with Crippen LogP contribution in [0.2, 0.25) is 0 Å². The molecule has 2 rings (SSSR count). The molecule has 0 aliphatic carbocycles. The number of nitrogen functional groups attached to an aromatic ring is 1. The van der Waals surface area contributed by atoms with Gasteiger partial charge in [-0.15, -0.1) is 0 Å². The summed E-state index contributed by atoms with van der Waals surface area (Å²) in [6.45, 7) is 0.263. The Bertz CT molecular complexity index is 592. The Hall–Kier alpha value is -2.29. The Kier molecular flexibility index (Phi) is 3.79. The lowest BCUT2D eigenvalue weighted by atomic mass is 10.2. The number of hydrogen-bond donors (Lipinski definition) is 3. The van der Waals surface area contributed by atoms with Gasteiger partial charge in [-0.2, -0.15) is 18.3 Å². The Balaban J connectivity index is 2.18. The van der Waals surface area contributed by atoms with E-state index in [1.807, 2.05) is 0 Å². The van der Waals surface area contributed by atoms with Gasteiger partial charge < -0.3 is 10.7 Å². The molecule has 0 aliphatic heterocycles. The minimum Gasteiger partial charge on any atom is -0.364 e. The van der Waals surface area contributed by atoms with Gasteiger partial charge in [0.15, 0.2) is 0 Å². The number of hydrazine groups is 1. The topological polar surface area (TPSA) is 80.8 Å². The molecule has 0 aromatic carbocycles. The molecule has 0 saturated heterocycles. The normalized spacial score (nSPS) is 11.4. The van der Waals surface area contributed by atoms with Crippen LogP contribution in [0.1, 0.15) is 11.3 Å². The zero-order chi connectivity index (χ0) is 14.8. The van der Waals surface area contributed by atoms with E-state index in [1.165, 1.54) is 0 Å². The molecule has 20 heavy (non-hydrogen) atoms. The molecule has 108 valence electrons. The minimum absolute atomic E-state index is 0.0663. The second kappa shape index (κ2) is 5.37. The third kappa shape index (κ3) is 3.38. The molecule has 9 heteroatoms. The number of rotatable bonds is 4. The molecule has 0 fully saturated rings. The number of nitrogens with one attached hydrogen (secondary N) is 2. The van der Waals surface area contributed by atoms with Crippen LogP contribution in [0.3, 0.4) is 0 Å². The SMILES string of the molecule is Cn1ccc(CNc2cc(C(F)(F)F)cc(NN)n2)n1. The monoisotopic (exact) mass is 286 g/mol. The zero-order valence-electron chi connectivity index (χ0n) is 10.6. The van der Waals surface area contributed by atoms with Crippen LogP contribution in [0.15, 0.2) is 24.4 Å². The lowest BCUT2D eigenvalue weighted by molar-refractivity contribution is -0.137. The van der Waals surface area contributed by atoms with Crippen molar-refractivity contribution >= 4 is 11.6 Å². The average molecular weight is 286 g/mol. The molecular weight excluding hydrogens is 273 g/mol. The van der Waals surface area contributed by atoms with Gasteiger partial charge in [0.2, 0.25) is 0 Å². The average Bonchev–Trinajstić information content (AvgIpc) is 2.81. The molecule has 0 atom stereocenters. The highest BCUT2D eigenvalue weighted by molar-refractivity contribution is 5.49. The number of nitrogens with zero attached hydrogens (tertiary/aromatic N) is 3. The van der Waals surface area contributed by atoms with Crippen LogP contribution in [-0.2, 0) is 19.8 Å². The van der Waals surface area contributed by atoms with Gasteiger partial charge in [-0.05, 0) is 18.2 Å². The molecule has 0 aliphatic rings. The van der Waals surface area contributed by atoms with E-state index in [2.05, 4.69) is 20.8 Å². The van der Waals surface area contributed by atoms with Gasteiger partial charge >= 0.3 is 6.18 Å². The lowest BCUT2D eigenvalue weighted by Gasteiger charge is -2.11. The van der Waals surface area contributed by atoms with Crippen LogP contribution >= 0.6 is 0 Å². The van der Waals surface area contributed by atoms with Crippen LogP contribution in [-0.4, -0.2) is 14.8 Å². The van der Waals surface area contributed by atoms with Gasteiger partial charge in [0.25, 0.3) is 0 Å². The highest BCUT2D eigenvalue weighted by Gasteiger charge is 2.31. The predicted molar refractivity (Wildman–Crippen MR) is 67.6 cm³/mol. The smallest absolute Gasteiger partial charge is 0.364 e. The zero-order valence-corrected chi connectivity index (χ0v) is 10.6. The maximum absolute atomic E-state index is 12.7. The molecule has 0 saturated carbocycles. The van der Waals surface area contributed by atoms with Gasteiger partial charge in [-0.3, -0.25) is 4.68 Å². The number of hydrogen-bond acceptors (Lipinski definition) is 5. The van der Waals surface area contributed by atoms with E-state index < -0.39 is 11.7 Å².